The van der Waals surface area contributed by atoms with E-state index in [4.69, 9.17) is 5.73 Å². The van der Waals surface area contributed by atoms with Crippen LogP contribution in [0.3, 0.4) is 0 Å². The number of hydrogen-bond donors (Lipinski definition) is 1. The van der Waals surface area contributed by atoms with Crippen LogP contribution in [0.1, 0.15) is 40.0 Å². The van der Waals surface area contributed by atoms with Gasteiger partial charge in [-0.3, -0.25) is 14.5 Å². The maximum absolute atomic E-state index is 12.2. The number of imide groups is 1. The molecule has 2 amide bonds. The molecule has 0 spiro atoms. The zero-order chi connectivity index (χ0) is 13.8. The van der Waals surface area contributed by atoms with Crippen LogP contribution in [0, 0.1) is 0 Å². The first-order valence-corrected chi connectivity index (χ1v) is 7.80. The number of benzene rings is 1. The molecule has 19 heavy (non-hydrogen) atoms. The highest BCUT2D eigenvalue weighted by atomic mass is 32.2. The molecule has 1 aromatic rings. The molecule has 0 saturated carbocycles. The van der Waals surface area contributed by atoms with Crippen molar-refractivity contribution in [2.75, 3.05) is 24.3 Å². The van der Waals surface area contributed by atoms with Gasteiger partial charge in [-0.2, -0.15) is 11.8 Å². The molecule has 1 aliphatic heterocycles. The lowest BCUT2D eigenvalue weighted by Crippen LogP contribution is -2.30. The summed E-state index contributed by atoms with van der Waals surface area (Å²) in [4.78, 5) is 25.6. The van der Waals surface area contributed by atoms with E-state index in [0.717, 1.165) is 25.0 Å². The highest BCUT2D eigenvalue weighted by Crippen LogP contribution is 2.27. The fraction of sp³-hybridized carbons (Fsp3) is 0.429. The van der Waals surface area contributed by atoms with Gasteiger partial charge in [0.1, 0.15) is 0 Å². The maximum atomic E-state index is 12.2. The monoisotopic (exact) mass is 278 g/mol. The summed E-state index contributed by atoms with van der Waals surface area (Å²) < 4.78 is 0. The quantitative estimate of drug-likeness (QED) is 0.493. The van der Waals surface area contributed by atoms with Gasteiger partial charge in [0.2, 0.25) is 0 Å². The summed E-state index contributed by atoms with van der Waals surface area (Å²) in [6.45, 7) is 0.486. The fourth-order valence-corrected chi connectivity index (χ4v) is 2.75. The van der Waals surface area contributed by atoms with Gasteiger partial charge in [0.05, 0.1) is 11.1 Å². The third-order valence-corrected chi connectivity index (χ3v) is 3.96. The van der Waals surface area contributed by atoms with Crippen LogP contribution in [-0.4, -0.2) is 35.3 Å². The molecule has 5 heteroatoms. The number of carbonyl (C=O) groups is 2. The minimum absolute atomic E-state index is 0.211. The lowest BCUT2D eigenvalue weighted by atomic mass is 10.1. The highest BCUT2D eigenvalue weighted by Gasteiger charge is 2.36. The third kappa shape index (κ3) is 2.76. The summed E-state index contributed by atoms with van der Waals surface area (Å²) >= 11 is 1.81. The van der Waals surface area contributed by atoms with E-state index in [0.29, 0.717) is 23.4 Å². The van der Waals surface area contributed by atoms with Gasteiger partial charge in [0.25, 0.3) is 11.8 Å². The van der Waals surface area contributed by atoms with E-state index in [1.165, 1.54) is 4.90 Å². The van der Waals surface area contributed by atoms with Crippen LogP contribution in [0.2, 0.25) is 0 Å². The van der Waals surface area contributed by atoms with Crippen LogP contribution in [-0.2, 0) is 0 Å². The zero-order valence-corrected chi connectivity index (χ0v) is 11.8. The molecule has 1 heterocycles. The molecule has 0 saturated heterocycles. The van der Waals surface area contributed by atoms with E-state index in [1.807, 2.05) is 11.8 Å². The van der Waals surface area contributed by atoms with Crippen molar-refractivity contribution < 1.29 is 9.59 Å². The number of nitrogens with zero attached hydrogens (tertiary/aromatic N) is 1. The van der Waals surface area contributed by atoms with E-state index in [2.05, 4.69) is 6.26 Å². The van der Waals surface area contributed by atoms with Crippen LogP contribution in [0.4, 0.5) is 5.69 Å². The van der Waals surface area contributed by atoms with Crippen molar-refractivity contribution in [2.45, 2.75) is 19.3 Å². The van der Waals surface area contributed by atoms with E-state index in [9.17, 15) is 9.59 Å². The first-order chi connectivity index (χ1) is 9.16. The summed E-state index contributed by atoms with van der Waals surface area (Å²) in [6, 6.07) is 5.03. The maximum Gasteiger partial charge on any atom is 0.263 e. The minimum atomic E-state index is -0.247. The van der Waals surface area contributed by atoms with Gasteiger partial charge in [-0.15, -0.1) is 0 Å². The summed E-state index contributed by atoms with van der Waals surface area (Å²) in [7, 11) is 0. The number of carbonyl (C=O) groups excluding carboxylic acids is 2. The normalized spacial score (nSPS) is 14.1. The molecule has 0 fully saturated rings. The Labute approximate surface area is 117 Å². The third-order valence-electron chi connectivity index (χ3n) is 3.26. The molecular weight excluding hydrogens is 260 g/mol. The Morgan fingerprint density at radius 3 is 2.63 bits per heavy atom. The Bertz CT molecular complexity index is 502. The van der Waals surface area contributed by atoms with Crippen LogP contribution in [0.25, 0.3) is 0 Å². The average molecular weight is 278 g/mol. The summed E-state index contributed by atoms with van der Waals surface area (Å²) in [5.74, 6) is 0.662. The van der Waals surface area contributed by atoms with Crippen LogP contribution >= 0.6 is 11.8 Å². The van der Waals surface area contributed by atoms with E-state index in [-0.39, 0.29) is 11.8 Å². The van der Waals surface area contributed by atoms with Gasteiger partial charge in [-0.05, 0) is 37.0 Å². The molecule has 0 bridgehead atoms. The Morgan fingerprint density at radius 1 is 1.16 bits per heavy atom. The van der Waals surface area contributed by atoms with E-state index < -0.39 is 0 Å². The Kier molecular flexibility index (Phi) is 4.47. The molecular formula is C14H18N2O2S. The molecule has 0 radical (unpaired) electrons. The minimum Gasteiger partial charge on any atom is -0.398 e. The van der Waals surface area contributed by atoms with E-state index in [1.54, 1.807) is 18.2 Å². The van der Waals surface area contributed by atoms with Crippen molar-refractivity contribution >= 4 is 29.3 Å². The predicted octanol–water partition coefficient (Wildman–Crippen LogP) is 2.40. The van der Waals surface area contributed by atoms with Crippen LogP contribution in [0.15, 0.2) is 18.2 Å². The molecule has 0 aromatic heterocycles. The number of amides is 2. The van der Waals surface area contributed by atoms with Gasteiger partial charge >= 0.3 is 0 Å². The molecule has 1 aromatic carbocycles. The van der Waals surface area contributed by atoms with Crippen LogP contribution < -0.4 is 5.73 Å². The summed E-state index contributed by atoms with van der Waals surface area (Å²) in [5.41, 5.74) is 6.98. The summed E-state index contributed by atoms with van der Waals surface area (Å²) in [6.07, 6.45) is 5.08. The lowest BCUT2D eigenvalue weighted by Gasteiger charge is -2.13. The number of nitrogen functional groups attached to an aromatic ring is 1. The number of anilines is 1. The number of nitrogens with two attached hydrogens (primary N) is 1. The number of fused-ring (bicyclic) bond motifs is 1. The number of unbranched alkanes of at least 4 members (excludes halogenated alkanes) is 2. The van der Waals surface area contributed by atoms with Gasteiger partial charge in [-0.25, -0.2) is 0 Å². The Balaban J connectivity index is 2.00. The predicted molar refractivity (Wildman–Crippen MR) is 78.5 cm³/mol. The molecule has 4 nitrogen and oxygen atoms in total. The number of rotatable bonds is 6. The molecule has 0 aliphatic carbocycles. The standard InChI is InChI=1S/C14H18N2O2S/c1-19-9-4-2-3-8-16-13(17)10-6-5-7-11(15)12(10)14(16)18/h5-7H,2-4,8-9,15H2,1H3. The molecule has 0 atom stereocenters. The second kappa shape index (κ2) is 6.10. The largest absolute Gasteiger partial charge is 0.398 e. The second-order valence-corrected chi connectivity index (χ2v) is 5.57. The van der Waals surface area contributed by atoms with Gasteiger partial charge in [0.15, 0.2) is 0 Å². The van der Waals surface area contributed by atoms with Crippen molar-refractivity contribution in [1.29, 1.82) is 0 Å². The van der Waals surface area contributed by atoms with Crippen molar-refractivity contribution in [3.8, 4) is 0 Å². The van der Waals surface area contributed by atoms with Crippen molar-refractivity contribution in [3.05, 3.63) is 29.3 Å². The summed E-state index contributed by atoms with van der Waals surface area (Å²) in [5, 5.41) is 0. The topological polar surface area (TPSA) is 63.4 Å². The number of thioether (sulfide) groups is 1. The molecule has 1 aliphatic rings. The lowest BCUT2D eigenvalue weighted by molar-refractivity contribution is 0.0652. The Hall–Kier alpha value is -1.49. The van der Waals surface area contributed by atoms with Crippen molar-refractivity contribution in [2.24, 2.45) is 0 Å². The van der Waals surface area contributed by atoms with Gasteiger partial charge < -0.3 is 5.73 Å². The fourth-order valence-electron chi connectivity index (χ4n) is 2.26. The van der Waals surface area contributed by atoms with Crippen LogP contribution in [0.5, 0.6) is 0 Å². The molecule has 102 valence electrons. The first kappa shape index (κ1) is 13.9. The average Bonchev–Trinajstić information content (AvgIpc) is 2.64. The van der Waals surface area contributed by atoms with Crippen molar-refractivity contribution in [3.63, 3.8) is 0 Å². The first-order valence-electron chi connectivity index (χ1n) is 6.40. The van der Waals surface area contributed by atoms with Gasteiger partial charge in [-0.1, -0.05) is 12.5 Å². The van der Waals surface area contributed by atoms with E-state index >= 15 is 0 Å². The smallest absolute Gasteiger partial charge is 0.263 e. The van der Waals surface area contributed by atoms with Gasteiger partial charge in [0, 0.05) is 12.2 Å². The molecule has 2 rings (SSSR count). The zero-order valence-electron chi connectivity index (χ0n) is 11.0. The second-order valence-electron chi connectivity index (χ2n) is 4.59. The molecule has 2 N–H and O–H groups in total. The highest BCUT2D eigenvalue weighted by molar-refractivity contribution is 7.98. The number of hydrogen-bond acceptors (Lipinski definition) is 4. The SMILES string of the molecule is CSCCCCCN1C(=O)c2cccc(N)c2C1=O. The Morgan fingerprint density at radius 2 is 1.95 bits per heavy atom. The molecule has 0 unspecified atom stereocenters. The van der Waals surface area contributed by atoms with Crippen molar-refractivity contribution in [1.82, 2.24) is 4.90 Å².